The summed E-state index contributed by atoms with van der Waals surface area (Å²) in [7, 11) is 0. The third kappa shape index (κ3) is 1.82. The maximum atomic E-state index is 12.1. The fourth-order valence-electron chi connectivity index (χ4n) is 1.64. The zero-order chi connectivity index (χ0) is 13.2. The van der Waals surface area contributed by atoms with Gasteiger partial charge in [-0.1, -0.05) is 0 Å². The van der Waals surface area contributed by atoms with Crippen LogP contribution in [0.15, 0.2) is 34.6 Å². The van der Waals surface area contributed by atoms with Gasteiger partial charge < -0.3 is 4.74 Å². The van der Waals surface area contributed by atoms with Crippen LogP contribution in [-0.4, -0.2) is 37.3 Å². The highest BCUT2D eigenvalue weighted by Gasteiger charge is 2.10. The fourth-order valence-corrected chi connectivity index (χ4v) is 1.64. The summed E-state index contributed by atoms with van der Waals surface area (Å²) in [6, 6.07) is 3.43. The van der Waals surface area contributed by atoms with Crippen LogP contribution in [-0.2, 0) is 4.74 Å². The molecule has 0 fully saturated rings. The number of hydrogen-bond donors (Lipinski definition) is 0. The molecule has 3 rings (SSSR count). The zero-order valence-corrected chi connectivity index (χ0v) is 10.1. The van der Waals surface area contributed by atoms with Crippen LogP contribution in [0.1, 0.15) is 6.92 Å². The van der Waals surface area contributed by atoms with Crippen LogP contribution in [0, 0.1) is 0 Å². The quantitative estimate of drug-likeness (QED) is 0.497. The molecule has 0 saturated carbocycles. The predicted octanol–water partition coefficient (Wildman–Crippen LogP) is 0.267. The van der Waals surface area contributed by atoms with Gasteiger partial charge >= 0.3 is 5.56 Å². The molecule has 96 valence electrons. The van der Waals surface area contributed by atoms with Gasteiger partial charge in [0, 0.05) is 6.20 Å². The molecule has 0 aliphatic carbocycles. The lowest BCUT2D eigenvalue weighted by Gasteiger charge is -1.98. The normalized spacial score (nSPS) is 11.6. The standard InChI is InChI=1S/C11H10N6O2/c1-2-19-7-14-16-6-13-17-10(18)9-8(15-11(16)17)4-3-5-12-9/h3-7H,2H2,1H3/b14-7+. The molecular formula is C11H10N6O2. The van der Waals surface area contributed by atoms with E-state index < -0.39 is 0 Å². The van der Waals surface area contributed by atoms with Crippen molar-refractivity contribution in [2.45, 2.75) is 6.92 Å². The van der Waals surface area contributed by atoms with Crippen LogP contribution < -0.4 is 5.56 Å². The van der Waals surface area contributed by atoms with Crippen molar-refractivity contribution in [3.63, 3.8) is 0 Å². The third-order valence-electron chi connectivity index (χ3n) is 2.49. The summed E-state index contributed by atoms with van der Waals surface area (Å²) < 4.78 is 7.52. The number of rotatable bonds is 3. The van der Waals surface area contributed by atoms with Gasteiger partial charge in [0.1, 0.15) is 6.33 Å². The summed E-state index contributed by atoms with van der Waals surface area (Å²) in [6.45, 7) is 2.36. The zero-order valence-electron chi connectivity index (χ0n) is 10.1. The summed E-state index contributed by atoms with van der Waals surface area (Å²) in [5, 5.41) is 7.94. The Morgan fingerprint density at radius 3 is 3.26 bits per heavy atom. The number of pyridine rings is 1. The molecule has 0 spiro atoms. The molecule has 0 bridgehead atoms. The molecule has 3 heterocycles. The molecule has 0 N–H and O–H groups in total. The molecule has 0 aromatic carbocycles. The highest BCUT2D eigenvalue weighted by Crippen LogP contribution is 2.05. The molecule has 3 aromatic heterocycles. The second-order valence-electron chi connectivity index (χ2n) is 3.65. The van der Waals surface area contributed by atoms with Crippen LogP contribution >= 0.6 is 0 Å². The minimum Gasteiger partial charge on any atom is -0.482 e. The second-order valence-corrected chi connectivity index (χ2v) is 3.65. The number of nitrogens with zero attached hydrogens (tertiary/aromatic N) is 6. The van der Waals surface area contributed by atoms with Gasteiger partial charge in [-0.3, -0.25) is 4.79 Å². The van der Waals surface area contributed by atoms with Gasteiger partial charge in [0.05, 0.1) is 12.1 Å². The van der Waals surface area contributed by atoms with Crippen molar-refractivity contribution in [2.75, 3.05) is 6.61 Å². The average Bonchev–Trinajstić information content (AvgIpc) is 2.83. The number of ether oxygens (including phenoxy) is 1. The van der Waals surface area contributed by atoms with Crippen molar-refractivity contribution >= 4 is 23.2 Å². The van der Waals surface area contributed by atoms with E-state index in [0.717, 1.165) is 4.52 Å². The molecule has 0 aliphatic heterocycles. The Bertz CT molecular complexity index is 819. The fraction of sp³-hybridized carbons (Fsp3) is 0.182. The molecule has 0 saturated heterocycles. The Balaban J connectivity index is 2.26. The molecule has 0 amide bonds. The van der Waals surface area contributed by atoms with Gasteiger partial charge in [-0.15, -0.1) is 10.2 Å². The van der Waals surface area contributed by atoms with Crippen LogP contribution in [0.25, 0.3) is 16.8 Å². The Morgan fingerprint density at radius 2 is 2.42 bits per heavy atom. The van der Waals surface area contributed by atoms with Crippen molar-refractivity contribution < 1.29 is 4.74 Å². The van der Waals surface area contributed by atoms with E-state index >= 15 is 0 Å². The monoisotopic (exact) mass is 258 g/mol. The Kier molecular flexibility index (Phi) is 2.67. The van der Waals surface area contributed by atoms with Crippen molar-refractivity contribution in [2.24, 2.45) is 5.10 Å². The van der Waals surface area contributed by atoms with Gasteiger partial charge in [0.15, 0.2) is 11.9 Å². The lowest BCUT2D eigenvalue weighted by molar-refractivity contribution is 0.341. The molecule has 0 aliphatic rings. The minimum absolute atomic E-state index is 0.277. The van der Waals surface area contributed by atoms with Crippen molar-refractivity contribution in [3.8, 4) is 0 Å². The van der Waals surface area contributed by atoms with Gasteiger partial charge in [0.2, 0.25) is 0 Å². The van der Waals surface area contributed by atoms with E-state index in [1.165, 1.54) is 17.4 Å². The third-order valence-corrected chi connectivity index (χ3v) is 2.49. The summed E-state index contributed by atoms with van der Waals surface area (Å²) in [5.74, 6) is 0.307. The van der Waals surface area contributed by atoms with Crippen molar-refractivity contribution in [1.29, 1.82) is 0 Å². The lowest BCUT2D eigenvalue weighted by Crippen LogP contribution is -2.17. The van der Waals surface area contributed by atoms with E-state index in [0.29, 0.717) is 17.9 Å². The summed E-state index contributed by atoms with van der Waals surface area (Å²) >= 11 is 0. The van der Waals surface area contributed by atoms with E-state index in [-0.39, 0.29) is 11.1 Å². The van der Waals surface area contributed by atoms with Gasteiger partial charge in [-0.05, 0) is 19.1 Å². The SMILES string of the molecule is CCO/C=N/n1cnn2c(=O)c3ncccc3nc12. The van der Waals surface area contributed by atoms with Crippen molar-refractivity contribution in [3.05, 3.63) is 35.0 Å². The van der Waals surface area contributed by atoms with E-state index in [2.05, 4.69) is 20.2 Å². The molecule has 0 radical (unpaired) electrons. The number of hydrogen-bond acceptors (Lipinski definition) is 6. The largest absolute Gasteiger partial charge is 0.482 e. The van der Waals surface area contributed by atoms with Crippen LogP contribution in [0.2, 0.25) is 0 Å². The van der Waals surface area contributed by atoms with E-state index in [9.17, 15) is 4.79 Å². The maximum Gasteiger partial charge on any atom is 0.302 e. The average molecular weight is 258 g/mol. The van der Waals surface area contributed by atoms with Gasteiger partial charge in [-0.25, -0.2) is 9.97 Å². The van der Waals surface area contributed by atoms with E-state index in [1.807, 2.05) is 6.92 Å². The first-order valence-electron chi connectivity index (χ1n) is 5.67. The highest BCUT2D eigenvalue weighted by molar-refractivity contribution is 5.74. The second kappa shape index (κ2) is 4.48. The highest BCUT2D eigenvalue weighted by atomic mass is 16.5. The van der Waals surface area contributed by atoms with Crippen LogP contribution in [0.3, 0.4) is 0 Å². The summed E-state index contributed by atoms with van der Waals surface area (Å²) in [6.07, 6.45) is 4.21. The van der Waals surface area contributed by atoms with Crippen molar-refractivity contribution in [1.82, 2.24) is 24.3 Å². The smallest absolute Gasteiger partial charge is 0.302 e. The molecule has 0 unspecified atom stereocenters. The molecule has 8 heteroatoms. The van der Waals surface area contributed by atoms with E-state index in [1.54, 1.807) is 18.3 Å². The number of aromatic nitrogens is 5. The molecule has 3 aromatic rings. The first kappa shape index (κ1) is 11.3. The first-order chi connectivity index (χ1) is 9.31. The molecule has 19 heavy (non-hydrogen) atoms. The van der Waals surface area contributed by atoms with E-state index in [4.69, 9.17) is 4.74 Å². The topological polar surface area (TPSA) is 86.7 Å². The molecule has 0 atom stereocenters. The van der Waals surface area contributed by atoms with Gasteiger partial charge in [-0.2, -0.15) is 9.19 Å². The summed E-state index contributed by atoms with van der Waals surface area (Å²) in [4.78, 5) is 20.4. The van der Waals surface area contributed by atoms with Crippen LogP contribution in [0.5, 0.6) is 0 Å². The predicted molar refractivity (Wildman–Crippen MR) is 68.1 cm³/mol. The first-order valence-corrected chi connectivity index (χ1v) is 5.67. The molecule has 8 nitrogen and oxygen atoms in total. The number of fused-ring (bicyclic) bond motifs is 2. The Labute approximate surface area is 107 Å². The Morgan fingerprint density at radius 1 is 1.53 bits per heavy atom. The summed E-state index contributed by atoms with van der Waals surface area (Å²) in [5.41, 5.74) is 0.450. The maximum absolute atomic E-state index is 12.1. The Hall–Kier alpha value is -2.77. The van der Waals surface area contributed by atoms with Gasteiger partial charge in [0.25, 0.3) is 5.78 Å². The minimum atomic E-state index is -0.328. The van der Waals surface area contributed by atoms with Crippen LogP contribution in [0.4, 0.5) is 0 Å². The molecular weight excluding hydrogens is 248 g/mol. The lowest BCUT2D eigenvalue weighted by atomic mass is 10.4.